The molecule has 1 unspecified atom stereocenters. The Labute approximate surface area is 115 Å². The molecule has 98 valence electrons. The number of nitrogens with zero attached hydrogens (tertiary/aromatic N) is 4. The van der Waals surface area contributed by atoms with Crippen LogP contribution in [0.3, 0.4) is 0 Å². The minimum absolute atomic E-state index is 0.227. The van der Waals surface area contributed by atoms with Crippen LogP contribution in [0.5, 0.6) is 5.75 Å². The summed E-state index contributed by atoms with van der Waals surface area (Å²) < 4.78 is 6.48. The Morgan fingerprint density at radius 2 is 2.05 bits per heavy atom. The Hall–Kier alpha value is -2.20. The molecule has 0 saturated heterocycles. The second-order valence-electron chi connectivity index (χ2n) is 3.79. The molecule has 0 bridgehead atoms. The van der Waals surface area contributed by atoms with Gasteiger partial charge in [0.25, 0.3) is 0 Å². The smallest absolute Gasteiger partial charge is 0.211 e. The van der Waals surface area contributed by atoms with E-state index in [1.807, 2.05) is 24.3 Å². The second kappa shape index (κ2) is 5.63. The van der Waals surface area contributed by atoms with Crippen LogP contribution in [0.2, 0.25) is 0 Å². The van der Waals surface area contributed by atoms with Gasteiger partial charge in [0, 0.05) is 5.56 Å². The molecule has 0 amide bonds. The molecule has 2 rings (SSSR count). The molecule has 0 fully saturated rings. The van der Waals surface area contributed by atoms with E-state index in [1.54, 1.807) is 14.0 Å². The normalized spacial score (nSPS) is 11.8. The maximum absolute atomic E-state index is 8.79. The minimum Gasteiger partial charge on any atom is -0.497 e. The van der Waals surface area contributed by atoms with Crippen LogP contribution < -0.4 is 10.6 Å². The summed E-state index contributed by atoms with van der Waals surface area (Å²) in [5, 5.41) is 17.1. The summed E-state index contributed by atoms with van der Waals surface area (Å²) in [6, 6.07) is 9.48. The van der Waals surface area contributed by atoms with Crippen LogP contribution in [-0.4, -0.2) is 27.2 Å². The van der Waals surface area contributed by atoms with Crippen molar-refractivity contribution in [3.05, 3.63) is 24.3 Å². The number of nitriles is 1. The molecule has 7 heteroatoms. The van der Waals surface area contributed by atoms with Crippen molar-refractivity contribution in [3.63, 3.8) is 0 Å². The van der Waals surface area contributed by atoms with Crippen molar-refractivity contribution in [2.24, 2.45) is 0 Å². The average molecular weight is 275 g/mol. The number of thioether (sulfide) groups is 1. The van der Waals surface area contributed by atoms with Gasteiger partial charge in [-0.15, -0.1) is 10.2 Å². The Balaban J connectivity index is 2.28. The van der Waals surface area contributed by atoms with Crippen molar-refractivity contribution >= 4 is 11.8 Å². The number of methoxy groups -OCH3 is 1. The Morgan fingerprint density at radius 3 is 2.63 bits per heavy atom. The zero-order valence-electron chi connectivity index (χ0n) is 10.6. The van der Waals surface area contributed by atoms with Crippen molar-refractivity contribution in [2.75, 3.05) is 13.0 Å². The van der Waals surface area contributed by atoms with Crippen LogP contribution in [0.4, 0.5) is 0 Å². The van der Waals surface area contributed by atoms with Gasteiger partial charge in [0.2, 0.25) is 5.16 Å². The van der Waals surface area contributed by atoms with Crippen molar-refractivity contribution < 1.29 is 4.74 Å². The van der Waals surface area contributed by atoms with Gasteiger partial charge >= 0.3 is 0 Å². The number of benzene rings is 1. The Kier molecular flexibility index (Phi) is 3.92. The fourth-order valence-corrected chi connectivity index (χ4v) is 2.14. The highest BCUT2D eigenvalue weighted by molar-refractivity contribution is 8.00. The van der Waals surface area contributed by atoms with Gasteiger partial charge in [-0.2, -0.15) is 5.26 Å². The molecule has 0 aliphatic carbocycles. The molecule has 0 spiro atoms. The molecule has 2 N–H and O–H groups in total. The first-order chi connectivity index (χ1) is 9.15. The lowest BCUT2D eigenvalue weighted by molar-refractivity contribution is 0.415. The van der Waals surface area contributed by atoms with Crippen molar-refractivity contribution in [1.82, 2.24) is 14.9 Å². The number of hydrogen-bond acceptors (Lipinski definition) is 6. The van der Waals surface area contributed by atoms with Gasteiger partial charge in [-0.1, -0.05) is 11.8 Å². The van der Waals surface area contributed by atoms with E-state index in [2.05, 4.69) is 16.3 Å². The standard InChI is InChI=1S/C12H13N5OS/c1-8(7-13)19-12-16-15-11(17(12)14)9-3-5-10(18-2)6-4-9/h3-6,8H,14H2,1-2H3. The van der Waals surface area contributed by atoms with Gasteiger partial charge in [0.15, 0.2) is 5.82 Å². The fraction of sp³-hybridized carbons (Fsp3) is 0.250. The molecule has 2 aromatic rings. The van der Waals surface area contributed by atoms with Gasteiger partial charge < -0.3 is 10.6 Å². The summed E-state index contributed by atoms with van der Waals surface area (Å²) >= 11 is 1.27. The van der Waals surface area contributed by atoms with E-state index >= 15 is 0 Å². The SMILES string of the molecule is COc1ccc(-c2nnc(SC(C)C#N)n2N)cc1. The summed E-state index contributed by atoms with van der Waals surface area (Å²) in [5.74, 6) is 7.25. The lowest BCUT2D eigenvalue weighted by Crippen LogP contribution is -2.12. The topological polar surface area (TPSA) is 89.8 Å². The molecule has 1 atom stereocenters. The van der Waals surface area contributed by atoms with Crippen molar-refractivity contribution in [2.45, 2.75) is 17.3 Å². The van der Waals surface area contributed by atoms with Crippen LogP contribution in [0.25, 0.3) is 11.4 Å². The molecule has 0 aliphatic rings. The summed E-state index contributed by atoms with van der Waals surface area (Å²) in [6.07, 6.45) is 0. The van der Waals surface area contributed by atoms with Crippen LogP contribution in [-0.2, 0) is 0 Å². The highest BCUT2D eigenvalue weighted by atomic mass is 32.2. The third-order valence-corrected chi connectivity index (χ3v) is 3.42. The largest absolute Gasteiger partial charge is 0.497 e. The van der Waals surface area contributed by atoms with E-state index in [-0.39, 0.29) is 5.25 Å². The van der Waals surface area contributed by atoms with Crippen LogP contribution in [0, 0.1) is 11.3 Å². The molecule has 0 aliphatic heterocycles. The van der Waals surface area contributed by atoms with Crippen LogP contribution in [0.1, 0.15) is 6.92 Å². The average Bonchev–Trinajstić information content (AvgIpc) is 2.80. The van der Waals surface area contributed by atoms with E-state index < -0.39 is 0 Å². The maximum atomic E-state index is 8.79. The van der Waals surface area contributed by atoms with Crippen molar-refractivity contribution in [1.29, 1.82) is 5.26 Å². The molecule has 0 radical (unpaired) electrons. The van der Waals surface area contributed by atoms with Gasteiger partial charge in [-0.25, -0.2) is 4.68 Å². The number of hydrogen-bond donors (Lipinski definition) is 1. The van der Waals surface area contributed by atoms with Gasteiger partial charge in [-0.3, -0.25) is 0 Å². The zero-order chi connectivity index (χ0) is 13.8. The first kappa shape index (κ1) is 13.2. The molecular formula is C12H13N5OS. The predicted octanol–water partition coefficient (Wildman–Crippen LogP) is 1.67. The first-order valence-corrected chi connectivity index (χ1v) is 6.45. The summed E-state index contributed by atoms with van der Waals surface area (Å²) in [7, 11) is 1.61. The van der Waals surface area contributed by atoms with Gasteiger partial charge in [0.1, 0.15) is 5.75 Å². The van der Waals surface area contributed by atoms with E-state index in [0.29, 0.717) is 11.0 Å². The lowest BCUT2D eigenvalue weighted by atomic mass is 10.2. The third kappa shape index (κ3) is 2.80. The van der Waals surface area contributed by atoms with E-state index in [4.69, 9.17) is 15.8 Å². The Bertz CT molecular complexity index is 602. The number of nitrogen functional groups attached to an aromatic ring is 1. The monoisotopic (exact) mass is 275 g/mol. The summed E-state index contributed by atoms with van der Waals surface area (Å²) in [5.41, 5.74) is 0.840. The van der Waals surface area contributed by atoms with Crippen LogP contribution in [0.15, 0.2) is 29.4 Å². The molecule has 19 heavy (non-hydrogen) atoms. The number of aromatic nitrogens is 3. The van der Waals surface area contributed by atoms with E-state index in [1.165, 1.54) is 16.4 Å². The summed E-state index contributed by atoms with van der Waals surface area (Å²) in [6.45, 7) is 1.78. The van der Waals surface area contributed by atoms with Crippen LogP contribution >= 0.6 is 11.8 Å². The molecule has 1 aromatic carbocycles. The maximum Gasteiger partial charge on any atom is 0.211 e. The minimum atomic E-state index is -0.227. The predicted molar refractivity (Wildman–Crippen MR) is 73.1 cm³/mol. The van der Waals surface area contributed by atoms with Gasteiger partial charge in [0.05, 0.1) is 18.4 Å². The lowest BCUT2D eigenvalue weighted by Gasteiger charge is -2.05. The third-order valence-electron chi connectivity index (χ3n) is 2.48. The van der Waals surface area contributed by atoms with E-state index in [9.17, 15) is 0 Å². The quantitative estimate of drug-likeness (QED) is 0.674. The fourth-order valence-electron chi connectivity index (χ4n) is 1.48. The zero-order valence-corrected chi connectivity index (χ0v) is 11.4. The van der Waals surface area contributed by atoms with Crippen molar-refractivity contribution in [3.8, 4) is 23.2 Å². The second-order valence-corrected chi connectivity index (χ2v) is 5.10. The molecule has 1 heterocycles. The number of rotatable bonds is 4. The van der Waals surface area contributed by atoms with Gasteiger partial charge in [-0.05, 0) is 31.2 Å². The molecule has 1 aromatic heterocycles. The molecule has 6 nitrogen and oxygen atoms in total. The Morgan fingerprint density at radius 1 is 1.37 bits per heavy atom. The first-order valence-electron chi connectivity index (χ1n) is 5.57. The molecule has 0 saturated carbocycles. The number of nitrogens with two attached hydrogens (primary N) is 1. The van der Waals surface area contributed by atoms with E-state index in [0.717, 1.165) is 11.3 Å². The molecular weight excluding hydrogens is 262 g/mol. The highest BCUT2D eigenvalue weighted by Gasteiger charge is 2.14. The highest BCUT2D eigenvalue weighted by Crippen LogP contribution is 2.25. The summed E-state index contributed by atoms with van der Waals surface area (Å²) in [4.78, 5) is 0. The number of ether oxygens (including phenoxy) is 1.